The Morgan fingerprint density at radius 3 is 3.20 bits per heavy atom. The summed E-state index contributed by atoms with van der Waals surface area (Å²) in [6, 6.07) is 9.31. The van der Waals surface area contributed by atoms with Crippen molar-refractivity contribution >= 4 is 0 Å². The standard InChI is InChI=1S/C16H20N4/c1-2-4-14-13(3-1)5-6-17-15(14)11-19-9-10-20-8-7-18-16(20)12-19/h1-4,7-8,15,17H,5-6,9-12H2. The molecule has 20 heavy (non-hydrogen) atoms. The van der Waals surface area contributed by atoms with Crippen molar-refractivity contribution in [2.24, 2.45) is 0 Å². The van der Waals surface area contributed by atoms with E-state index in [1.54, 1.807) is 0 Å². The molecule has 0 aliphatic carbocycles. The van der Waals surface area contributed by atoms with E-state index in [1.165, 1.54) is 17.0 Å². The normalized spacial score (nSPS) is 22.3. The fraction of sp³-hybridized carbons (Fsp3) is 0.438. The summed E-state index contributed by atoms with van der Waals surface area (Å²) in [5, 5.41) is 3.67. The summed E-state index contributed by atoms with van der Waals surface area (Å²) < 4.78 is 2.26. The molecule has 2 aliphatic rings. The molecule has 1 aromatic carbocycles. The molecule has 4 nitrogen and oxygen atoms in total. The maximum Gasteiger partial charge on any atom is 0.122 e. The molecule has 0 bridgehead atoms. The molecular formula is C16H20N4. The van der Waals surface area contributed by atoms with Crippen molar-refractivity contribution in [1.29, 1.82) is 0 Å². The van der Waals surface area contributed by atoms with E-state index in [1.807, 2.05) is 6.20 Å². The largest absolute Gasteiger partial charge is 0.333 e. The average molecular weight is 268 g/mol. The van der Waals surface area contributed by atoms with Gasteiger partial charge in [0, 0.05) is 38.1 Å². The van der Waals surface area contributed by atoms with E-state index in [9.17, 15) is 0 Å². The highest BCUT2D eigenvalue weighted by Crippen LogP contribution is 2.24. The minimum atomic E-state index is 0.460. The van der Waals surface area contributed by atoms with Crippen LogP contribution in [0.1, 0.15) is 23.0 Å². The molecule has 0 saturated carbocycles. The van der Waals surface area contributed by atoms with Crippen LogP contribution in [0.5, 0.6) is 0 Å². The lowest BCUT2D eigenvalue weighted by atomic mass is 9.94. The van der Waals surface area contributed by atoms with Crippen LogP contribution in [-0.2, 0) is 19.5 Å². The van der Waals surface area contributed by atoms with E-state index in [2.05, 4.69) is 50.2 Å². The van der Waals surface area contributed by atoms with E-state index in [-0.39, 0.29) is 0 Å². The minimum absolute atomic E-state index is 0.460. The van der Waals surface area contributed by atoms with Gasteiger partial charge in [0.05, 0.1) is 6.54 Å². The molecule has 4 heteroatoms. The van der Waals surface area contributed by atoms with Crippen molar-refractivity contribution in [3.05, 3.63) is 53.6 Å². The lowest BCUT2D eigenvalue weighted by Gasteiger charge is -2.34. The number of hydrogen-bond donors (Lipinski definition) is 1. The Kier molecular flexibility index (Phi) is 3.05. The van der Waals surface area contributed by atoms with Crippen LogP contribution in [0.25, 0.3) is 0 Å². The Morgan fingerprint density at radius 1 is 1.25 bits per heavy atom. The first-order valence-electron chi connectivity index (χ1n) is 7.44. The van der Waals surface area contributed by atoms with Crippen molar-refractivity contribution in [2.45, 2.75) is 25.6 Å². The summed E-state index contributed by atoms with van der Waals surface area (Å²) in [5.74, 6) is 1.19. The number of hydrogen-bond acceptors (Lipinski definition) is 3. The summed E-state index contributed by atoms with van der Waals surface area (Å²) in [7, 11) is 0. The van der Waals surface area contributed by atoms with Crippen LogP contribution in [0, 0.1) is 0 Å². The van der Waals surface area contributed by atoms with E-state index in [0.29, 0.717) is 6.04 Å². The fourth-order valence-corrected chi connectivity index (χ4v) is 3.39. The Labute approximate surface area is 119 Å². The SMILES string of the molecule is c1ccc2c(c1)CCNC2CN1CCn2ccnc2C1. The molecule has 0 saturated heterocycles. The Morgan fingerprint density at radius 2 is 2.20 bits per heavy atom. The number of nitrogens with one attached hydrogen (secondary N) is 1. The molecule has 0 amide bonds. The highest BCUT2D eigenvalue weighted by atomic mass is 15.2. The summed E-state index contributed by atoms with van der Waals surface area (Å²) in [5.41, 5.74) is 2.99. The molecule has 1 atom stereocenters. The van der Waals surface area contributed by atoms with Crippen molar-refractivity contribution in [3.8, 4) is 0 Å². The highest BCUT2D eigenvalue weighted by Gasteiger charge is 2.24. The summed E-state index contributed by atoms with van der Waals surface area (Å²) >= 11 is 0. The Bertz CT molecular complexity index is 604. The maximum atomic E-state index is 4.45. The van der Waals surface area contributed by atoms with Gasteiger partial charge in [0.15, 0.2) is 0 Å². The zero-order valence-corrected chi connectivity index (χ0v) is 11.6. The zero-order chi connectivity index (χ0) is 13.4. The number of rotatable bonds is 2. The second-order valence-electron chi connectivity index (χ2n) is 5.73. The van der Waals surface area contributed by atoms with Crippen LogP contribution in [0.2, 0.25) is 0 Å². The van der Waals surface area contributed by atoms with E-state index >= 15 is 0 Å². The van der Waals surface area contributed by atoms with Crippen LogP contribution in [0.15, 0.2) is 36.7 Å². The number of aromatic nitrogens is 2. The highest BCUT2D eigenvalue weighted by molar-refractivity contribution is 5.32. The zero-order valence-electron chi connectivity index (χ0n) is 11.6. The lowest BCUT2D eigenvalue weighted by Crippen LogP contribution is -2.42. The number of nitrogens with zero attached hydrogens (tertiary/aromatic N) is 3. The second kappa shape index (κ2) is 5.04. The van der Waals surface area contributed by atoms with Gasteiger partial charge in [0.25, 0.3) is 0 Å². The third kappa shape index (κ3) is 2.15. The predicted octanol–water partition coefficient (Wildman–Crippen LogP) is 1.59. The number of imidazole rings is 1. The third-order valence-corrected chi connectivity index (χ3v) is 4.48. The molecule has 1 aromatic heterocycles. The summed E-state index contributed by atoms with van der Waals surface area (Å²) in [4.78, 5) is 6.96. The van der Waals surface area contributed by atoms with Gasteiger partial charge < -0.3 is 9.88 Å². The van der Waals surface area contributed by atoms with Gasteiger partial charge in [0.2, 0.25) is 0 Å². The van der Waals surface area contributed by atoms with Crippen molar-refractivity contribution < 1.29 is 0 Å². The topological polar surface area (TPSA) is 33.1 Å². The second-order valence-corrected chi connectivity index (χ2v) is 5.73. The first-order chi connectivity index (χ1) is 9.90. The van der Waals surface area contributed by atoms with Gasteiger partial charge >= 0.3 is 0 Å². The molecular weight excluding hydrogens is 248 g/mol. The fourth-order valence-electron chi connectivity index (χ4n) is 3.39. The van der Waals surface area contributed by atoms with Crippen LogP contribution in [0.4, 0.5) is 0 Å². The molecule has 4 rings (SSSR count). The molecule has 2 aromatic rings. The molecule has 3 heterocycles. The Balaban J connectivity index is 1.51. The van der Waals surface area contributed by atoms with Gasteiger partial charge in [-0.15, -0.1) is 0 Å². The quantitative estimate of drug-likeness (QED) is 0.898. The van der Waals surface area contributed by atoms with Gasteiger partial charge in [-0.25, -0.2) is 4.98 Å². The van der Waals surface area contributed by atoms with E-state index in [4.69, 9.17) is 0 Å². The van der Waals surface area contributed by atoms with E-state index < -0.39 is 0 Å². The van der Waals surface area contributed by atoms with Gasteiger partial charge in [-0.1, -0.05) is 24.3 Å². The monoisotopic (exact) mass is 268 g/mol. The summed E-state index contributed by atoms with van der Waals surface area (Å²) in [6.07, 6.45) is 5.14. The maximum absolute atomic E-state index is 4.45. The molecule has 1 unspecified atom stereocenters. The van der Waals surface area contributed by atoms with Gasteiger partial charge in [-0.3, -0.25) is 4.90 Å². The number of fused-ring (bicyclic) bond motifs is 2. The smallest absolute Gasteiger partial charge is 0.122 e. The predicted molar refractivity (Wildman–Crippen MR) is 78.4 cm³/mol. The molecule has 0 fully saturated rings. The van der Waals surface area contributed by atoms with Crippen LogP contribution in [0.3, 0.4) is 0 Å². The molecule has 104 valence electrons. The molecule has 1 N–H and O–H groups in total. The molecule has 2 aliphatic heterocycles. The van der Waals surface area contributed by atoms with Crippen LogP contribution >= 0.6 is 0 Å². The van der Waals surface area contributed by atoms with Gasteiger partial charge in [-0.2, -0.15) is 0 Å². The van der Waals surface area contributed by atoms with Crippen molar-refractivity contribution in [3.63, 3.8) is 0 Å². The van der Waals surface area contributed by atoms with Crippen LogP contribution in [-0.4, -0.2) is 34.1 Å². The Hall–Kier alpha value is -1.65. The average Bonchev–Trinajstić information content (AvgIpc) is 2.95. The minimum Gasteiger partial charge on any atom is -0.333 e. The number of benzene rings is 1. The molecule has 0 radical (unpaired) electrons. The lowest BCUT2D eigenvalue weighted by molar-refractivity contribution is 0.192. The van der Waals surface area contributed by atoms with Crippen molar-refractivity contribution in [2.75, 3.05) is 19.6 Å². The van der Waals surface area contributed by atoms with Crippen molar-refractivity contribution in [1.82, 2.24) is 19.8 Å². The summed E-state index contributed by atoms with van der Waals surface area (Å²) in [6.45, 7) is 5.30. The van der Waals surface area contributed by atoms with Crippen LogP contribution < -0.4 is 5.32 Å². The third-order valence-electron chi connectivity index (χ3n) is 4.48. The van der Waals surface area contributed by atoms with Gasteiger partial charge in [-0.05, 0) is 24.1 Å². The first kappa shape index (κ1) is 12.1. The first-order valence-corrected chi connectivity index (χ1v) is 7.44. The van der Waals surface area contributed by atoms with E-state index in [0.717, 1.165) is 39.1 Å². The van der Waals surface area contributed by atoms with Gasteiger partial charge in [0.1, 0.15) is 5.82 Å². The molecule has 0 spiro atoms.